The lowest BCUT2D eigenvalue weighted by Gasteiger charge is -2.10. The highest BCUT2D eigenvalue weighted by Gasteiger charge is 2.26. The molecule has 3 rings (SSSR count). The smallest absolute Gasteiger partial charge is 0.344 e. The van der Waals surface area contributed by atoms with Crippen LogP contribution in [0.1, 0.15) is 21.6 Å². The van der Waals surface area contributed by atoms with Crippen molar-refractivity contribution in [1.82, 2.24) is 5.16 Å². The highest BCUT2D eigenvalue weighted by Crippen LogP contribution is 2.45. The molecule has 0 aliphatic carbocycles. The summed E-state index contributed by atoms with van der Waals surface area (Å²) in [5.41, 5.74) is 1.47. The van der Waals surface area contributed by atoms with Crippen LogP contribution in [0.3, 0.4) is 0 Å². The van der Waals surface area contributed by atoms with Crippen molar-refractivity contribution in [3.05, 3.63) is 41.3 Å². The van der Waals surface area contributed by atoms with Gasteiger partial charge in [-0.15, -0.1) is 23.5 Å². The Morgan fingerprint density at radius 1 is 1.18 bits per heavy atom. The predicted molar refractivity (Wildman–Crippen MR) is 87.9 cm³/mol. The molecule has 1 aliphatic rings. The molecular formula is C14H15NO4S3. The van der Waals surface area contributed by atoms with Gasteiger partial charge in [0, 0.05) is 11.5 Å². The number of hydrogen-bond donors (Lipinski definition) is 0. The van der Waals surface area contributed by atoms with Gasteiger partial charge in [-0.2, -0.15) is 8.42 Å². The zero-order valence-corrected chi connectivity index (χ0v) is 14.6. The third-order valence-corrected chi connectivity index (χ3v) is 7.80. The molecule has 2 aromatic rings. The third-order valence-electron chi connectivity index (χ3n) is 3.20. The highest BCUT2D eigenvalue weighted by molar-refractivity contribution is 8.19. The second-order valence-electron chi connectivity index (χ2n) is 4.83. The van der Waals surface area contributed by atoms with Crippen molar-refractivity contribution in [1.29, 1.82) is 0 Å². The van der Waals surface area contributed by atoms with Gasteiger partial charge in [-0.1, -0.05) is 17.3 Å². The molecule has 0 atom stereocenters. The lowest BCUT2D eigenvalue weighted by atomic mass is 10.2. The van der Waals surface area contributed by atoms with E-state index in [0.29, 0.717) is 10.3 Å². The molecule has 8 heteroatoms. The summed E-state index contributed by atoms with van der Waals surface area (Å²) in [4.78, 5) is -0.00141. The molecule has 0 radical (unpaired) electrons. The van der Waals surface area contributed by atoms with Crippen LogP contribution >= 0.6 is 23.5 Å². The molecule has 0 saturated carbocycles. The number of aryl methyl sites for hydroxylation is 2. The van der Waals surface area contributed by atoms with Crippen molar-refractivity contribution in [3.8, 4) is 5.75 Å². The zero-order valence-electron chi connectivity index (χ0n) is 12.1. The van der Waals surface area contributed by atoms with Gasteiger partial charge in [-0.25, -0.2) is 0 Å². The zero-order chi connectivity index (χ0) is 15.7. The van der Waals surface area contributed by atoms with Crippen LogP contribution in [0.2, 0.25) is 0 Å². The molecular weight excluding hydrogens is 342 g/mol. The molecule has 1 saturated heterocycles. The Bertz CT molecular complexity index is 742. The molecule has 1 aromatic carbocycles. The number of thioether (sulfide) groups is 2. The van der Waals surface area contributed by atoms with E-state index < -0.39 is 10.1 Å². The van der Waals surface area contributed by atoms with Gasteiger partial charge < -0.3 is 8.71 Å². The molecule has 1 aliphatic heterocycles. The minimum Gasteiger partial charge on any atom is -0.379 e. The minimum atomic E-state index is -3.93. The van der Waals surface area contributed by atoms with E-state index in [9.17, 15) is 8.42 Å². The molecule has 0 amide bonds. The molecule has 118 valence electrons. The Balaban J connectivity index is 1.80. The van der Waals surface area contributed by atoms with Crippen molar-refractivity contribution < 1.29 is 17.1 Å². The maximum absolute atomic E-state index is 12.3. The van der Waals surface area contributed by atoms with Crippen LogP contribution in [0.25, 0.3) is 0 Å². The van der Waals surface area contributed by atoms with Crippen molar-refractivity contribution in [2.24, 2.45) is 0 Å². The summed E-state index contributed by atoms with van der Waals surface area (Å²) in [6.07, 6.45) is 0. The monoisotopic (exact) mass is 357 g/mol. The first-order valence-corrected chi connectivity index (χ1v) is 10.2. The van der Waals surface area contributed by atoms with Gasteiger partial charge in [0.05, 0.1) is 4.58 Å². The van der Waals surface area contributed by atoms with Gasteiger partial charge in [0.1, 0.15) is 11.4 Å². The maximum Gasteiger partial charge on any atom is 0.344 e. The fraction of sp³-hybridized carbons (Fsp3) is 0.357. The lowest BCUT2D eigenvalue weighted by molar-refractivity contribution is 0.390. The summed E-state index contributed by atoms with van der Waals surface area (Å²) in [7, 11) is -3.93. The molecule has 5 nitrogen and oxygen atoms in total. The molecule has 0 spiro atoms. The number of nitrogens with zero attached hydrogens (tertiary/aromatic N) is 1. The van der Waals surface area contributed by atoms with Crippen LogP contribution in [-0.2, 0) is 10.1 Å². The van der Waals surface area contributed by atoms with E-state index >= 15 is 0 Å². The molecule has 0 unspecified atom stereocenters. The van der Waals surface area contributed by atoms with Crippen LogP contribution in [-0.4, -0.2) is 25.1 Å². The van der Waals surface area contributed by atoms with Crippen molar-refractivity contribution in [2.75, 3.05) is 11.5 Å². The minimum absolute atomic E-state index is 0.00141. The van der Waals surface area contributed by atoms with Crippen LogP contribution in [0.5, 0.6) is 5.75 Å². The Kier molecular flexibility index (Phi) is 4.42. The van der Waals surface area contributed by atoms with Crippen LogP contribution < -0.4 is 4.18 Å². The van der Waals surface area contributed by atoms with Gasteiger partial charge in [0.2, 0.25) is 0 Å². The maximum atomic E-state index is 12.3. The quantitative estimate of drug-likeness (QED) is 0.775. The average molecular weight is 357 g/mol. The Labute approximate surface area is 137 Å². The Morgan fingerprint density at radius 3 is 2.36 bits per heavy atom. The second kappa shape index (κ2) is 6.17. The summed E-state index contributed by atoms with van der Waals surface area (Å²) in [6.45, 7) is 3.12. The van der Waals surface area contributed by atoms with E-state index in [1.807, 2.05) is 35.7 Å². The number of aromatic nitrogens is 1. The second-order valence-corrected chi connectivity index (χ2v) is 9.04. The van der Waals surface area contributed by atoms with Crippen LogP contribution in [0.15, 0.2) is 33.7 Å². The van der Waals surface area contributed by atoms with E-state index in [0.717, 1.165) is 11.5 Å². The summed E-state index contributed by atoms with van der Waals surface area (Å²) in [5.74, 6) is 2.81. The topological polar surface area (TPSA) is 69.4 Å². The van der Waals surface area contributed by atoms with Crippen molar-refractivity contribution in [2.45, 2.75) is 23.3 Å². The van der Waals surface area contributed by atoms with E-state index in [-0.39, 0.29) is 16.4 Å². The SMILES string of the molecule is Cc1noc(C)c1S(=O)(=O)Oc1ccc(C2SCCS2)cc1. The molecule has 0 bridgehead atoms. The third kappa shape index (κ3) is 3.13. The van der Waals surface area contributed by atoms with E-state index in [2.05, 4.69) is 5.16 Å². The fourth-order valence-corrected chi connectivity index (χ4v) is 6.33. The summed E-state index contributed by atoms with van der Waals surface area (Å²) in [5, 5.41) is 3.65. The Morgan fingerprint density at radius 2 is 1.82 bits per heavy atom. The van der Waals surface area contributed by atoms with E-state index in [1.165, 1.54) is 5.56 Å². The average Bonchev–Trinajstić information content (AvgIpc) is 3.09. The standard InChI is InChI=1S/C14H15NO4S3/c1-9-13(10(2)18-15-9)22(16,17)19-12-5-3-11(4-6-12)14-20-7-8-21-14/h3-6,14H,7-8H2,1-2H3. The first-order valence-electron chi connectivity index (χ1n) is 6.68. The predicted octanol–water partition coefficient (Wildman–Crippen LogP) is 3.54. The fourth-order valence-electron chi connectivity index (χ4n) is 2.23. The lowest BCUT2D eigenvalue weighted by Crippen LogP contribution is -2.11. The van der Waals surface area contributed by atoms with Gasteiger partial charge in [-0.05, 0) is 31.5 Å². The molecule has 1 aromatic heterocycles. The largest absolute Gasteiger partial charge is 0.379 e. The highest BCUT2D eigenvalue weighted by atomic mass is 32.2. The molecule has 22 heavy (non-hydrogen) atoms. The van der Waals surface area contributed by atoms with E-state index in [4.69, 9.17) is 8.71 Å². The normalized spacial score (nSPS) is 16.1. The summed E-state index contributed by atoms with van der Waals surface area (Å²) < 4.78 is 35.1. The van der Waals surface area contributed by atoms with Gasteiger partial charge in [0.25, 0.3) is 0 Å². The van der Waals surface area contributed by atoms with Gasteiger partial charge >= 0.3 is 10.1 Å². The van der Waals surface area contributed by atoms with Gasteiger partial charge in [-0.3, -0.25) is 0 Å². The molecule has 2 heterocycles. The van der Waals surface area contributed by atoms with Gasteiger partial charge in [0.15, 0.2) is 10.7 Å². The first-order chi connectivity index (χ1) is 10.5. The van der Waals surface area contributed by atoms with E-state index in [1.54, 1.807) is 26.0 Å². The van der Waals surface area contributed by atoms with Crippen LogP contribution in [0.4, 0.5) is 0 Å². The van der Waals surface area contributed by atoms with Crippen molar-refractivity contribution in [3.63, 3.8) is 0 Å². The molecule has 1 fully saturated rings. The summed E-state index contributed by atoms with van der Waals surface area (Å²) >= 11 is 3.80. The number of benzene rings is 1. The number of hydrogen-bond acceptors (Lipinski definition) is 7. The molecule has 0 N–H and O–H groups in total. The van der Waals surface area contributed by atoms with Crippen LogP contribution in [0, 0.1) is 13.8 Å². The first kappa shape index (κ1) is 15.8. The Hall–Kier alpha value is -1.12. The van der Waals surface area contributed by atoms with Crippen molar-refractivity contribution >= 4 is 33.6 Å². The number of rotatable bonds is 4. The summed E-state index contributed by atoms with van der Waals surface area (Å²) in [6, 6.07) is 7.19.